The smallest absolute Gasteiger partial charge is 0.123 e. The van der Waals surface area contributed by atoms with Crippen molar-refractivity contribution in [3.63, 3.8) is 0 Å². The van der Waals surface area contributed by atoms with E-state index in [1.54, 1.807) is 12.1 Å². The Hall–Kier alpha value is -2.46. The molecule has 0 bridgehead atoms. The van der Waals surface area contributed by atoms with E-state index in [4.69, 9.17) is 5.73 Å². The largest absolute Gasteiger partial charge is 0.340 e. The Morgan fingerprint density at radius 1 is 1.09 bits per heavy atom. The van der Waals surface area contributed by atoms with Gasteiger partial charge in [0.25, 0.3) is 0 Å². The van der Waals surface area contributed by atoms with Gasteiger partial charge in [0.2, 0.25) is 0 Å². The first-order valence-corrected chi connectivity index (χ1v) is 7.07. The molecule has 0 saturated carbocycles. The Bertz CT molecular complexity index is 817. The maximum atomic E-state index is 13.8. The maximum Gasteiger partial charge on any atom is 0.123 e. The zero-order chi connectivity index (χ0) is 15.5. The van der Waals surface area contributed by atoms with Crippen molar-refractivity contribution in [2.24, 2.45) is 5.73 Å². The highest BCUT2D eigenvalue weighted by molar-refractivity contribution is 5.96. The fourth-order valence-electron chi connectivity index (χ4n) is 2.59. The third-order valence-electron chi connectivity index (χ3n) is 3.60. The van der Waals surface area contributed by atoms with E-state index >= 15 is 0 Å². The molecule has 3 rings (SSSR count). The van der Waals surface area contributed by atoms with Crippen LogP contribution in [-0.2, 0) is 6.54 Å². The van der Waals surface area contributed by atoms with Crippen molar-refractivity contribution in [2.75, 3.05) is 6.54 Å². The van der Waals surface area contributed by atoms with Crippen LogP contribution >= 0.6 is 0 Å². The average Bonchev–Trinajstić information content (AvgIpc) is 2.87. The summed E-state index contributed by atoms with van der Waals surface area (Å²) in [6.07, 6.45) is 3.26. The second-order valence-corrected chi connectivity index (χ2v) is 5.08. The molecule has 112 valence electrons. The van der Waals surface area contributed by atoms with Crippen LogP contribution in [0.4, 0.5) is 8.78 Å². The molecule has 2 nitrogen and oxygen atoms in total. The molecule has 0 spiro atoms. The molecule has 0 fully saturated rings. The Labute approximate surface area is 127 Å². The fraction of sp³-hybridized carbons (Fsp3) is 0.111. The number of allylic oxidation sites excluding steroid dienone is 1. The lowest BCUT2D eigenvalue weighted by Crippen LogP contribution is -2.00. The summed E-state index contributed by atoms with van der Waals surface area (Å²) < 4.78 is 28.7. The second-order valence-electron chi connectivity index (χ2n) is 5.08. The lowest BCUT2D eigenvalue weighted by molar-refractivity contribution is 0.560. The van der Waals surface area contributed by atoms with Gasteiger partial charge >= 0.3 is 0 Å². The van der Waals surface area contributed by atoms with E-state index in [1.807, 2.05) is 35.0 Å². The predicted octanol–water partition coefficient (Wildman–Crippen LogP) is 4.26. The molecule has 1 aromatic heterocycles. The lowest BCUT2D eigenvalue weighted by Gasteiger charge is -2.02. The summed E-state index contributed by atoms with van der Waals surface area (Å²) in [5.74, 6) is -0.543. The van der Waals surface area contributed by atoms with Crippen LogP contribution in [0.25, 0.3) is 22.0 Å². The molecule has 2 N–H and O–H groups in total. The molecule has 0 aliphatic rings. The number of para-hydroxylation sites is 1. The van der Waals surface area contributed by atoms with Crippen LogP contribution in [0.3, 0.4) is 0 Å². The minimum Gasteiger partial charge on any atom is -0.340 e. The van der Waals surface area contributed by atoms with Crippen molar-refractivity contribution in [3.8, 4) is 11.1 Å². The normalized spacial score (nSPS) is 12.0. The zero-order valence-electron chi connectivity index (χ0n) is 12.0. The van der Waals surface area contributed by atoms with Crippen LogP contribution in [0.5, 0.6) is 0 Å². The summed E-state index contributed by atoms with van der Waals surface area (Å²) >= 11 is 0. The minimum atomic E-state index is -0.274. The van der Waals surface area contributed by atoms with Crippen molar-refractivity contribution in [1.29, 1.82) is 0 Å². The van der Waals surface area contributed by atoms with Crippen molar-refractivity contribution in [3.05, 3.63) is 72.4 Å². The summed E-state index contributed by atoms with van der Waals surface area (Å²) in [6, 6.07) is 14.1. The number of rotatable bonds is 4. The first-order valence-electron chi connectivity index (χ1n) is 7.07. The lowest BCUT2D eigenvalue weighted by atomic mass is 10.1. The molecule has 22 heavy (non-hydrogen) atoms. The van der Waals surface area contributed by atoms with E-state index < -0.39 is 0 Å². The third-order valence-corrected chi connectivity index (χ3v) is 3.60. The first kappa shape index (κ1) is 14.5. The molecule has 2 aromatic carbocycles. The van der Waals surface area contributed by atoms with E-state index in [9.17, 15) is 8.78 Å². The van der Waals surface area contributed by atoms with Gasteiger partial charge in [-0.15, -0.1) is 0 Å². The standard InChI is InChI=1S/C18H16F2N2/c19-14-7-5-13(6-8-14)17-12-22(11-15(20)9-10-21)18-4-2-1-3-16(17)18/h1-9,12H,10-11,21H2/b15-9-. The Kier molecular flexibility index (Phi) is 4.02. The predicted molar refractivity (Wildman–Crippen MR) is 85.6 cm³/mol. The van der Waals surface area contributed by atoms with E-state index in [2.05, 4.69) is 0 Å². The van der Waals surface area contributed by atoms with Gasteiger partial charge in [0.05, 0.1) is 6.54 Å². The monoisotopic (exact) mass is 298 g/mol. The van der Waals surface area contributed by atoms with E-state index in [0.717, 1.165) is 22.0 Å². The van der Waals surface area contributed by atoms with Crippen LogP contribution in [0.15, 0.2) is 66.6 Å². The molecule has 0 saturated heterocycles. The molecular formula is C18H16F2N2. The number of hydrogen-bond acceptors (Lipinski definition) is 1. The number of benzene rings is 2. The molecule has 0 aliphatic carbocycles. The maximum absolute atomic E-state index is 13.8. The number of aromatic nitrogens is 1. The number of fused-ring (bicyclic) bond motifs is 1. The van der Waals surface area contributed by atoms with E-state index in [-0.39, 0.29) is 24.7 Å². The van der Waals surface area contributed by atoms with Crippen molar-refractivity contribution in [1.82, 2.24) is 4.57 Å². The Balaban J connectivity index is 2.11. The van der Waals surface area contributed by atoms with Crippen molar-refractivity contribution >= 4 is 10.9 Å². The molecule has 4 heteroatoms. The first-order chi connectivity index (χ1) is 10.7. The zero-order valence-corrected chi connectivity index (χ0v) is 12.0. The van der Waals surface area contributed by atoms with Gasteiger partial charge in [0, 0.05) is 29.2 Å². The van der Waals surface area contributed by atoms with E-state index in [1.165, 1.54) is 18.2 Å². The molecule has 1 heterocycles. The van der Waals surface area contributed by atoms with E-state index in [0.29, 0.717) is 0 Å². The minimum absolute atomic E-state index is 0.138. The number of halogens is 2. The van der Waals surface area contributed by atoms with Gasteiger partial charge in [0.15, 0.2) is 0 Å². The van der Waals surface area contributed by atoms with Crippen molar-refractivity contribution in [2.45, 2.75) is 6.54 Å². The number of nitrogens with two attached hydrogens (primary N) is 1. The molecule has 0 unspecified atom stereocenters. The van der Waals surface area contributed by atoms with Crippen LogP contribution < -0.4 is 5.73 Å². The fourth-order valence-corrected chi connectivity index (χ4v) is 2.59. The summed E-state index contributed by atoms with van der Waals surface area (Å²) in [7, 11) is 0. The van der Waals surface area contributed by atoms with Crippen LogP contribution in [0.1, 0.15) is 0 Å². The second kappa shape index (κ2) is 6.12. The molecule has 0 amide bonds. The Morgan fingerprint density at radius 2 is 1.82 bits per heavy atom. The molecule has 0 radical (unpaired) electrons. The molecule has 0 atom stereocenters. The van der Waals surface area contributed by atoms with Gasteiger partial charge in [-0.3, -0.25) is 0 Å². The number of nitrogens with zero attached hydrogens (tertiary/aromatic N) is 1. The topological polar surface area (TPSA) is 30.9 Å². The van der Waals surface area contributed by atoms with Gasteiger partial charge in [0.1, 0.15) is 11.6 Å². The highest BCUT2D eigenvalue weighted by atomic mass is 19.1. The highest BCUT2D eigenvalue weighted by Gasteiger charge is 2.11. The average molecular weight is 298 g/mol. The molecule has 3 aromatic rings. The summed E-state index contributed by atoms with van der Waals surface area (Å²) in [4.78, 5) is 0. The highest BCUT2D eigenvalue weighted by Crippen LogP contribution is 2.31. The van der Waals surface area contributed by atoms with Gasteiger partial charge < -0.3 is 10.3 Å². The molecule has 0 aliphatic heterocycles. The van der Waals surface area contributed by atoms with Crippen LogP contribution in [-0.4, -0.2) is 11.1 Å². The van der Waals surface area contributed by atoms with Gasteiger partial charge in [-0.2, -0.15) is 0 Å². The van der Waals surface area contributed by atoms with Gasteiger partial charge in [-0.05, 0) is 29.8 Å². The van der Waals surface area contributed by atoms with Crippen molar-refractivity contribution < 1.29 is 8.78 Å². The van der Waals surface area contributed by atoms with Crippen LogP contribution in [0, 0.1) is 5.82 Å². The summed E-state index contributed by atoms with van der Waals surface area (Å²) in [5, 5.41) is 1.01. The van der Waals surface area contributed by atoms with Gasteiger partial charge in [-0.1, -0.05) is 30.3 Å². The van der Waals surface area contributed by atoms with Gasteiger partial charge in [-0.25, -0.2) is 8.78 Å². The molecular weight excluding hydrogens is 282 g/mol. The van der Waals surface area contributed by atoms with Crippen LogP contribution in [0.2, 0.25) is 0 Å². The summed E-state index contributed by atoms with van der Waals surface area (Å²) in [6.45, 7) is 0.314. The third kappa shape index (κ3) is 2.78. The summed E-state index contributed by atoms with van der Waals surface area (Å²) in [5.41, 5.74) is 8.13. The quantitative estimate of drug-likeness (QED) is 0.766. The Morgan fingerprint density at radius 3 is 2.55 bits per heavy atom. The SMILES string of the molecule is NC/C=C(\F)Cn1cc(-c2ccc(F)cc2)c2ccccc21. The number of hydrogen-bond donors (Lipinski definition) is 1.